The number of alkyl halides is 3. The molecule has 0 heterocycles. The van der Waals surface area contributed by atoms with Gasteiger partial charge in [-0.1, -0.05) is 49.8 Å². The molecule has 0 aliphatic heterocycles. The van der Waals surface area contributed by atoms with Crippen LogP contribution in [0.25, 0.3) is 12.2 Å². The van der Waals surface area contributed by atoms with Crippen molar-refractivity contribution in [1.29, 1.82) is 0 Å². The van der Waals surface area contributed by atoms with Gasteiger partial charge < -0.3 is 14.9 Å². The molecule has 2 N–H and O–H groups in total. The molecular weight excluding hydrogens is 433 g/mol. The summed E-state index contributed by atoms with van der Waals surface area (Å²) in [7, 11) is 0. The quantitative estimate of drug-likeness (QED) is 0.302. The van der Waals surface area contributed by atoms with Crippen molar-refractivity contribution >= 4 is 18.1 Å². The van der Waals surface area contributed by atoms with Gasteiger partial charge in [-0.3, -0.25) is 0 Å². The van der Waals surface area contributed by atoms with Crippen LogP contribution < -0.4 is 4.74 Å². The highest BCUT2D eigenvalue weighted by Crippen LogP contribution is 2.37. The Labute approximate surface area is 192 Å². The molecule has 0 fully saturated rings. The summed E-state index contributed by atoms with van der Waals surface area (Å²) in [4.78, 5) is 12.0. The van der Waals surface area contributed by atoms with Crippen LogP contribution in [0.15, 0.2) is 42.0 Å². The Morgan fingerprint density at radius 1 is 1.09 bits per heavy atom. The molecule has 0 amide bonds. The number of carbonyl (C=O) groups is 1. The van der Waals surface area contributed by atoms with Crippen LogP contribution in [-0.4, -0.2) is 22.3 Å². The lowest BCUT2D eigenvalue weighted by Crippen LogP contribution is -2.15. The fourth-order valence-corrected chi connectivity index (χ4v) is 3.27. The topological polar surface area (TPSA) is 66.8 Å². The van der Waals surface area contributed by atoms with Crippen molar-refractivity contribution in [2.24, 2.45) is 0 Å². The summed E-state index contributed by atoms with van der Waals surface area (Å²) in [5, 5.41) is 20.6. The predicted octanol–water partition coefficient (Wildman–Crippen LogP) is 7.36. The fraction of sp³-hybridized carbons (Fsp3) is 0.346. The van der Waals surface area contributed by atoms with Gasteiger partial charge in [-0.15, -0.1) is 0 Å². The zero-order chi connectivity index (χ0) is 24.8. The van der Waals surface area contributed by atoms with Crippen LogP contribution >= 0.6 is 0 Å². The molecule has 0 spiro atoms. The third-order valence-corrected chi connectivity index (χ3v) is 5.22. The van der Waals surface area contributed by atoms with Gasteiger partial charge in [0.05, 0.1) is 11.7 Å². The Morgan fingerprint density at radius 2 is 1.70 bits per heavy atom. The van der Waals surface area contributed by atoms with E-state index >= 15 is 0 Å². The first kappa shape index (κ1) is 26.0. The molecule has 33 heavy (non-hydrogen) atoms. The lowest BCUT2D eigenvalue weighted by Gasteiger charge is -2.21. The van der Waals surface area contributed by atoms with Crippen molar-refractivity contribution in [3.05, 3.63) is 69.8 Å². The van der Waals surface area contributed by atoms with Gasteiger partial charge in [0, 0.05) is 5.56 Å². The second-order valence-electron chi connectivity index (χ2n) is 7.97. The summed E-state index contributed by atoms with van der Waals surface area (Å²) in [5.74, 6) is -1.31. The minimum absolute atomic E-state index is 0.114. The maximum atomic E-state index is 12.8. The molecule has 178 valence electrons. The smallest absolute Gasteiger partial charge is 0.416 e. The molecule has 0 atom stereocenters. The van der Waals surface area contributed by atoms with Gasteiger partial charge in [-0.25, -0.2) is 4.79 Å². The molecular formula is C26H29F3O4. The molecule has 0 aliphatic carbocycles. The minimum Gasteiger partial charge on any atom is -0.507 e. The largest absolute Gasteiger partial charge is 0.507 e. The van der Waals surface area contributed by atoms with Crippen molar-refractivity contribution in [3.63, 3.8) is 0 Å². The SMILES string of the molecule is CCC(CC)Oc1cc(C=Cc2ccc(C(F)(F)F)cc2)c(C(=O)O)c(O)c1CC=C(C)C. The van der Waals surface area contributed by atoms with Crippen molar-refractivity contribution in [3.8, 4) is 11.5 Å². The van der Waals surface area contributed by atoms with Gasteiger partial charge in [0.15, 0.2) is 0 Å². The Bertz CT molecular complexity index is 1030. The van der Waals surface area contributed by atoms with Gasteiger partial charge in [-0.05, 0) is 62.4 Å². The van der Waals surface area contributed by atoms with Crippen molar-refractivity contribution < 1.29 is 32.9 Å². The number of phenols is 1. The summed E-state index contributed by atoms with van der Waals surface area (Å²) < 4.78 is 44.5. The summed E-state index contributed by atoms with van der Waals surface area (Å²) in [6.45, 7) is 7.75. The van der Waals surface area contributed by atoms with Crippen LogP contribution in [0.3, 0.4) is 0 Å². The van der Waals surface area contributed by atoms with E-state index in [4.69, 9.17) is 4.74 Å². The fourth-order valence-electron chi connectivity index (χ4n) is 3.27. The van der Waals surface area contributed by atoms with E-state index in [1.165, 1.54) is 24.3 Å². The summed E-state index contributed by atoms with van der Waals surface area (Å²) in [5.41, 5.74) is 0.982. The van der Waals surface area contributed by atoms with Crippen molar-refractivity contribution in [2.75, 3.05) is 0 Å². The van der Waals surface area contributed by atoms with E-state index in [0.29, 0.717) is 23.3 Å². The molecule has 2 rings (SSSR count). The lowest BCUT2D eigenvalue weighted by molar-refractivity contribution is -0.137. The number of allylic oxidation sites excluding steroid dienone is 2. The number of aromatic carboxylic acids is 1. The molecule has 0 aliphatic rings. The maximum absolute atomic E-state index is 12.8. The Kier molecular flexibility index (Phi) is 8.74. The van der Waals surface area contributed by atoms with E-state index in [0.717, 1.165) is 30.5 Å². The molecule has 0 aromatic heterocycles. The van der Waals surface area contributed by atoms with E-state index in [-0.39, 0.29) is 23.0 Å². The van der Waals surface area contributed by atoms with E-state index < -0.39 is 17.7 Å². The van der Waals surface area contributed by atoms with E-state index in [2.05, 4.69) is 0 Å². The average Bonchev–Trinajstić information content (AvgIpc) is 2.74. The van der Waals surface area contributed by atoms with Gasteiger partial charge >= 0.3 is 12.1 Å². The van der Waals surface area contributed by atoms with Crippen molar-refractivity contribution in [2.45, 2.75) is 59.2 Å². The molecule has 4 nitrogen and oxygen atoms in total. The third-order valence-electron chi connectivity index (χ3n) is 5.22. The standard InChI is InChI=1S/C26H29F3O4/c1-5-20(6-2)33-22-15-18(11-8-17-9-12-19(13-10-17)26(27,28)29)23(25(31)32)24(30)21(22)14-7-16(3)4/h7-13,15,20,30H,5-6,14H2,1-4H3,(H,31,32). The predicted molar refractivity (Wildman–Crippen MR) is 124 cm³/mol. The Morgan fingerprint density at radius 3 is 2.18 bits per heavy atom. The van der Waals surface area contributed by atoms with E-state index in [1.807, 2.05) is 33.8 Å². The molecule has 2 aromatic rings. The number of ether oxygens (including phenoxy) is 1. The first-order valence-corrected chi connectivity index (χ1v) is 10.7. The average molecular weight is 463 g/mol. The molecule has 0 saturated carbocycles. The normalized spacial score (nSPS) is 11.8. The maximum Gasteiger partial charge on any atom is 0.416 e. The number of benzene rings is 2. The zero-order valence-electron chi connectivity index (χ0n) is 19.2. The lowest BCUT2D eigenvalue weighted by atomic mass is 9.97. The summed E-state index contributed by atoms with van der Waals surface area (Å²) in [6, 6.07) is 6.07. The second-order valence-corrected chi connectivity index (χ2v) is 7.97. The number of hydrogen-bond acceptors (Lipinski definition) is 3. The molecule has 0 saturated heterocycles. The molecule has 0 radical (unpaired) electrons. The third kappa shape index (κ3) is 6.88. The van der Waals surface area contributed by atoms with Crippen molar-refractivity contribution in [1.82, 2.24) is 0 Å². The van der Waals surface area contributed by atoms with Crippen LogP contribution in [0.2, 0.25) is 0 Å². The number of carboxylic acid groups (broad SMARTS) is 1. The first-order chi connectivity index (χ1) is 15.5. The number of aromatic hydroxyl groups is 1. The minimum atomic E-state index is -4.44. The number of hydrogen-bond donors (Lipinski definition) is 2. The van der Waals surface area contributed by atoms with Gasteiger partial charge in [0.2, 0.25) is 0 Å². The van der Waals surface area contributed by atoms with Crippen LogP contribution in [0.4, 0.5) is 13.2 Å². The Hall–Kier alpha value is -3.22. The molecule has 2 aromatic carbocycles. The van der Waals surface area contributed by atoms with Crippen LogP contribution in [0, 0.1) is 0 Å². The molecule has 0 unspecified atom stereocenters. The van der Waals surface area contributed by atoms with Gasteiger partial charge in [-0.2, -0.15) is 13.2 Å². The van der Waals surface area contributed by atoms with E-state index in [1.54, 1.807) is 6.07 Å². The summed E-state index contributed by atoms with van der Waals surface area (Å²) in [6.07, 6.45) is 2.04. The highest BCUT2D eigenvalue weighted by molar-refractivity contribution is 5.97. The van der Waals surface area contributed by atoms with Gasteiger partial charge in [0.1, 0.15) is 17.1 Å². The molecule has 0 bridgehead atoms. The van der Waals surface area contributed by atoms with Crippen LogP contribution in [0.1, 0.15) is 73.1 Å². The number of rotatable bonds is 9. The second kappa shape index (κ2) is 11.1. The zero-order valence-corrected chi connectivity index (χ0v) is 19.2. The number of halogens is 3. The summed E-state index contributed by atoms with van der Waals surface area (Å²) >= 11 is 0. The van der Waals surface area contributed by atoms with E-state index in [9.17, 15) is 28.2 Å². The highest BCUT2D eigenvalue weighted by Gasteiger charge is 2.29. The highest BCUT2D eigenvalue weighted by atomic mass is 19.4. The van der Waals surface area contributed by atoms with Crippen LogP contribution in [-0.2, 0) is 12.6 Å². The van der Waals surface area contributed by atoms with Gasteiger partial charge in [0.25, 0.3) is 0 Å². The first-order valence-electron chi connectivity index (χ1n) is 10.7. The number of carboxylic acids is 1. The monoisotopic (exact) mass is 462 g/mol. The van der Waals surface area contributed by atoms with Crippen LogP contribution in [0.5, 0.6) is 11.5 Å². The molecule has 7 heteroatoms. The Balaban J connectivity index is 2.57.